The second-order valence-electron chi connectivity index (χ2n) is 4.21. The molecule has 0 spiro atoms. The summed E-state index contributed by atoms with van der Waals surface area (Å²) in [5.74, 6) is 0.613. The molecule has 82 valence electrons. The lowest BCUT2D eigenvalue weighted by atomic mass is 9.94. The Morgan fingerprint density at radius 3 is 2.93 bits per heavy atom. The highest BCUT2D eigenvalue weighted by molar-refractivity contribution is 6.29. The van der Waals surface area contributed by atoms with Crippen LogP contribution in [0.2, 0.25) is 5.15 Å². The van der Waals surface area contributed by atoms with Gasteiger partial charge in [-0.2, -0.15) is 0 Å². The molecule has 0 aromatic carbocycles. The van der Waals surface area contributed by atoms with E-state index >= 15 is 0 Å². The summed E-state index contributed by atoms with van der Waals surface area (Å²) in [5, 5.41) is 0.536. The second-order valence-corrected chi connectivity index (χ2v) is 4.60. The number of nitrogens with two attached hydrogens (primary N) is 1. The molecule has 4 heteroatoms. The molecule has 2 atom stereocenters. The summed E-state index contributed by atoms with van der Waals surface area (Å²) < 4.78 is 0. The van der Waals surface area contributed by atoms with E-state index in [1.165, 1.54) is 0 Å². The fraction of sp³-hybridized carbons (Fsp3) is 0.545. The fourth-order valence-electron chi connectivity index (χ4n) is 1.89. The van der Waals surface area contributed by atoms with Crippen LogP contribution in [0.4, 0.5) is 5.69 Å². The van der Waals surface area contributed by atoms with Gasteiger partial charge >= 0.3 is 0 Å². The zero-order valence-corrected chi connectivity index (χ0v) is 9.61. The molecule has 2 rings (SSSR count). The van der Waals surface area contributed by atoms with Crippen LogP contribution in [-0.4, -0.2) is 24.1 Å². The quantitative estimate of drug-likeness (QED) is 0.743. The van der Waals surface area contributed by atoms with Crippen LogP contribution in [-0.2, 0) is 0 Å². The Kier molecular flexibility index (Phi) is 3.12. The van der Waals surface area contributed by atoms with Crippen LogP contribution >= 0.6 is 11.6 Å². The molecule has 3 nitrogen and oxygen atoms in total. The summed E-state index contributed by atoms with van der Waals surface area (Å²) in [5.41, 5.74) is 7.16. The normalized spacial score (nSPS) is 26.7. The molecule has 1 aliphatic heterocycles. The highest BCUT2D eigenvalue weighted by Crippen LogP contribution is 2.22. The van der Waals surface area contributed by atoms with E-state index in [9.17, 15) is 0 Å². The predicted octanol–water partition coefficient (Wildman–Crippen LogP) is 1.91. The monoisotopic (exact) mass is 225 g/mol. The Morgan fingerprint density at radius 1 is 1.53 bits per heavy atom. The maximum absolute atomic E-state index is 6.05. The minimum atomic E-state index is 0.259. The summed E-state index contributed by atoms with van der Waals surface area (Å²) in [6.45, 7) is 4.17. The number of hydrogen-bond acceptors (Lipinski definition) is 3. The summed E-state index contributed by atoms with van der Waals surface area (Å²) in [7, 11) is 0. The van der Waals surface area contributed by atoms with E-state index in [1.807, 2.05) is 18.3 Å². The van der Waals surface area contributed by atoms with Crippen LogP contribution in [0.25, 0.3) is 0 Å². The molecule has 0 unspecified atom stereocenters. The first-order valence-corrected chi connectivity index (χ1v) is 5.66. The van der Waals surface area contributed by atoms with Crippen LogP contribution in [0.1, 0.15) is 13.3 Å². The molecule has 2 N–H and O–H groups in total. The van der Waals surface area contributed by atoms with Gasteiger partial charge in [0.05, 0.1) is 11.9 Å². The third-order valence-corrected chi connectivity index (χ3v) is 3.32. The number of pyridine rings is 1. The molecule has 0 radical (unpaired) electrons. The molecule has 0 aliphatic carbocycles. The summed E-state index contributed by atoms with van der Waals surface area (Å²) in [6, 6.07) is 4.08. The van der Waals surface area contributed by atoms with Crippen molar-refractivity contribution < 1.29 is 0 Å². The summed E-state index contributed by atoms with van der Waals surface area (Å²) >= 11 is 5.75. The molecule has 0 bridgehead atoms. The van der Waals surface area contributed by atoms with Crippen LogP contribution in [0.5, 0.6) is 0 Å². The molecule has 1 aromatic rings. The van der Waals surface area contributed by atoms with E-state index < -0.39 is 0 Å². The van der Waals surface area contributed by atoms with E-state index in [0.717, 1.165) is 25.2 Å². The van der Waals surface area contributed by atoms with Gasteiger partial charge in [0, 0.05) is 19.1 Å². The molecular weight excluding hydrogens is 210 g/mol. The number of rotatable bonds is 1. The van der Waals surface area contributed by atoms with E-state index in [2.05, 4.69) is 16.8 Å². The van der Waals surface area contributed by atoms with Crippen molar-refractivity contribution in [1.82, 2.24) is 4.98 Å². The maximum Gasteiger partial charge on any atom is 0.129 e. The number of anilines is 1. The molecule has 1 aliphatic rings. The highest BCUT2D eigenvalue weighted by Gasteiger charge is 2.23. The van der Waals surface area contributed by atoms with Crippen molar-refractivity contribution in [2.24, 2.45) is 11.7 Å². The van der Waals surface area contributed by atoms with Gasteiger partial charge in [-0.05, 0) is 24.5 Å². The van der Waals surface area contributed by atoms with Gasteiger partial charge in [0.1, 0.15) is 5.15 Å². The SMILES string of the molecule is C[C@H]1CCN(c2ccc(Cl)nc2)C[C@@H]1N. The minimum absolute atomic E-state index is 0.259. The third kappa shape index (κ3) is 2.41. The average Bonchev–Trinajstić information content (AvgIpc) is 2.23. The fourth-order valence-corrected chi connectivity index (χ4v) is 2.00. The number of piperidine rings is 1. The van der Waals surface area contributed by atoms with Crippen LogP contribution in [0, 0.1) is 5.92 Å². The molecular formula is C11H16ClN3. The van der Waals surface area contributed by atoms with Gasteiger partial charge in [-0.1, -0.05) is 18.5 Å². The molecule has 1 aromatic heterocycles. The van der Waals surface area contributed by atoms with Crippen LogP contribution in [0.3, 0.4) is 0 Å². The first-order valence-electron chi connectivity index (χ1n) is 5.29. The smallest absolute Gasteiger partial charge is 0.129 e. The minimum Gasteiger partial charge on any atom is -0.369 e. The number of halogens is 1. The van der Waals surface area contributed by atoms with E-state index in [4.69, 9.17) is 17.3 Å². The van der Waals surface area contributed by atoms with Gasteiger partial charge in [-0.3, -0.25) is 0 Å². The van der Waals surface area contributed by atoms with Gasteiger partial charge < -0.3 is 10.6 Å². The molecule has 0 amide bonds. The van der Waals surface area contributed by atoms with Crippen molar-refractivity contribution in [3.8, 4) is 0 Å². The number of hydrogen-bond donors (Lipinski definition) is 1. The van der Waals surface area contributed by atoms with Crippen molar-refractivity contribution in [2.45, 2.75) is 19.4 Å². The summed E-state index contributed by atoms with van der Waals surface area (Å²) in [6.07, 6.45) is 2.95. The lowest BCUT2D eigenvalue weighted by Crippen LogP contribution is -2.47. The van der Waals surface area contributed by atoms with Crippen molar-refractivity contribution in [1.29, 1.82) is 0 Å². The Morgan fingerprint density at radius 2 is 2.33 bits per heavy atom. The van der Waals surface area contributed by atoms with E-state index in [0.29, 0.717) is 11.1 Å². The Balaban J connectivity index is 2.08. The van der Waals surface area contributed by atoms with E-state index in [1.54, 1.807) is 0 Å². The largest absolute Gasteiger partial charge is 0.369 e. The molecule has 0 saturated carbocycles. The first-order chi connectivity index (χ1) is 7.16. The van der Waals surface area contributed by atoms with Gasteiger partial charge in [0.15, 0.2) is 0 Å². The Labute approximate surface area is 95.2 Å². The molecule has 2 heterocycles. The van der Waals surface area contributed by atoms with Crippen molar-refractivity contribution in [3.05, 3.63) is 23.5 Å². The topological polar surface area (TPSA) is 42.2 Å². The average molecular weight is 226 g/mol. The van der Waals surface area contributed by atoms with E-state index in [-0.39, 0.29) is 6.04 Å². The lowest BCUT2D eigenvalue weighted by Gasteiger charge is -2.36. The van der Waals surface area contributed by atoms with Crippen molar-refractivity contribution >= 4 is 17.3 Å². The molecule has 1 fully saturated rings. The number of aromatic nitrogens is 1. The maximum atomic E-state index is 6.05. The van der Waals surface area contributed by atoms with Crippen LogP contribution < -0.4 is 10.6 Å². The lowest BCUT2D eigenvalue weighted by molar-refractivity contribution is 0.379. The second kappa shape index (κ2) is 4.37. The van der Waals surface area contributed by atoms with Crippen molar-refractivity contribution in [3.63, 3.8) is 0 Å². The van der Waals surface area contributed by atoms with Gasteiger partial charge in [0.25, 0.3) is 0 Å². The Bertz CT molecular complexity index is 325. The standard InChI is InChI=1S/C11H16ClN3/c1-8-4-5-15(7-10(8)13)9-2-3-11(12)14-6-9/h2-3,6,8,10H,4-5,7,13H2,1H3/t8-,10-/m0/s1. The van der Waals surface area contributed by atoms with Gasteiger partial charge in [-0.15, -0.1) is 0 Å². The highest BCUT2D eigenvalue weighted by atomic mass is 35.5. The van der Waals surface area contributed by atoms with Gasteiger partial charge in [0.2, 0.25) is 0 Å². The third-order valence-electron chi connectivity index (χ3n) is 3.09. The zero-order chi connectivity index (χ0) is 10.8. The molecule has 15 heavy (non-hydrogen) atoms. The first kappa shape index (κ1) is 10.7. The predicted molar refractivity (Wildman–Crippen MR) is 63.2 cm³/mol. The molecule has 1 saturated heterocycles. The van der Waals surface area contributed by atoms with Gasteiger partial charge in [-0.25, -0.2) is 4.98 Å². The Hall–Kier alpha value is -0.800. The zero-order valence-electron chi connectivity index (χ0n) is 8.86. The van der Waals surface area contributed by atoms with Crippen LogP contribution in [0.15, 0.2) is 18.3 Å². The number of nitrogens with zero attached hydrogens (tertiary/aromatic N) is 2. The summed E-state index contributed by atoms with van der Waals surface area (Å²) in [4.78, 5) is 6.35. The van der Waals surface area contributed by atoms with Crippen molar-refractivity contribution in [2.75, 3.05) is 18.0 Å².